The summed E-state index contributed by atoms with van der Waals surface area (Å²) in [5.74, 6) is 0. The molecule has 3 nitrogen and oxygen atoms in total. The molecule has 1 aliphatic heterocycles. The van der Waals surface area contributed by atoms with Crippen LogP contribution in [0.5, 0.6) is 0 Å². The summed E-state index contributed by atoms with van der Waals surface area (Å²) in [6.45, 7) is 4.54. The van der Waals surface area contributed by atoms with E-state index in [0.29, 0.717) is 0 Å². The van der Waals surface area contributed by atoms with Crippen molar-refractivity contribution < 1.29 is 4.79 Å². The molecule has 0 aromatic heterocycles. The van der Waals surface area contributed by atoms with Crippen molar-refractivity contribution >= 4 is 6.03 Å². The molecule has 0 saturated carbocycles. The molecule has 2 aromatic carbocycles. The van der Waals surface area contributed by atoms with Crippen LogP contribution in [0.15, 0.2) is 48.5 Å². The van der Waals surface area contributed by atoms with Crippen molar-refractivity contribution in [2.24, 2.45) is 0 Å². The van der Waals surface area contributed by atoms with Gasteiger partial charge in [0.15, 0.2) is 0 Å². The van der Waals surface area contributed by atoms with E-state index in [4.69, 9.17) is 0 Å². The average molecular weight is 290 g/mol. The lowest BCUT2D eigenvalue weighted by Gasteiger charge is -2.58. The Kier molecular flexibility index (Phi) is 1.98. The Hall–Kier alpha value is -2.29. The number of rotatable bonds is 0. The third-order valence-electron chi connectivity index (χ3n) is 6.24. The average Bonchev–Trinajstić information content (AvgIpc) is 2.95. The van der Waals surface area contributed by atoms with E-state index in [-0.39, 0.29) is 28.9 Å². The van der Waals surface area contributed by atoms with E-state index in [1.54, 1.807) is 0 Å². The third-order valence-corrected chi connectivity index (χ3v) is 6.24. The monoisotopic (exact) mass is 290 g/mol. The number of carbonyl (C=O) groups is 1. The van der Waals surface area contributed by atoms with Crippen LogP contribution in [-0.2, 0) is 10.8 Å². The number of benzene rings is 2. The maximum Gasteiger partial charge on any atom is 0.315 e. The molecule has 22 heavy (non-hydrogen) atoms. The summed E-state index contributed by atoms with van der Waals surface area (Å²) < 4.78 is 0. The third kappa shape index (κ3) is 1.08. The van der Waals surface area contributed by atoms with Gasteiger partial charge in [0.2, 0.25) is 0 Å². The van der Waals surface area contributed by atoms with E-state index in [9.17, 15) is 4.79 Å². The maximum absolute atomic E-state index is 12.1. The molecular weight excluding hydrogens is 272 g/mol. The van der Waals surface area contributed by atoms with Crippen LogP contribution < -0.4 is 10.6 Å². The Morgan fingerprint density at radius 2 is 1.05 bits per heavy atom. The van der Waals surface area contributed by atoms with Crippen LogP contribution in [0.25, 0.3) is 0 Å². The van der Waals surface area contributed by atoms with Gasteiger partial charge in [-0.2, -0.15) is 0 Å². The SMILES string of the molecule is CC12c3ccccc3C(C)(c3ccccc31)[C@H]1NC(=O)N[C@H]12. The first-order valence-corrected chi connectivity index (χ1v) is 7.85. The minimum atomic E-state index is -0.186. The molecule has 0 unspecified atom stereocenters. The Morgan fingerprint density at radius 1 is 0.727 bits per heavy atom. The molecule has 4 aliphatic rings. The molecule has 3 heteroatoms. The summed E-state index contributed by atoms with van der Waals surface area (Å²) in [5.41, 5.74) is 5.02. The van der Waals surface area contributed by atoms with Crippen LogP contribution in [-0.4, -0.2) is 18.1 Å². The van der Waals surface area contributed by atoms with Crippen molar-refractivity contribution in [3.8, 4) is 0 Å². The summed E-state index contributed by atoms with van der Waals surface area (Å²) in [6.07, 6.45) is 0. The van der Waals surface area contributed by atoms with Gasteiger partial charge in [-0.1, -0.05) is 48.5 Å². The molecule has 6 rings (SSSR count). The van der Waals surface area contributed by atoms with Gasteiger partial charge in [0, 0.05) is 10.8 Å². The van der Waals surface area contributed by atoms with Gasteiger partial charge < -0.3 is 10.6 Å². The summed E-state index contributed by atoms with van der Waals surface area (Å²) in [6, 6.07) is 17.5. The van der Waals surface area contributed by atoms with Crippen molar-refractivity contribution in [2.45, 2.75) is 36.8 Å². The summed E-state index contributed by atoms with van der Waals surface area (Å²) in [5, 5.41) is 6.37. The molecule has 1 fully saturated rings. The van der Waals surface area contributed by atoms with Crippen LogP contribution in [0.2, 0.25) is 0 Å². The van der Waals surface area contributed by atoms with E-state index in [1.807, 2.05) is 0 Å². The van der Waals surface area contributed by atoms with Gasteiger partial charge in [0.1, 0.15) is 0 Å². The zero-order valence-electron chi connectivity index (χ0n) is 12.7. The molecule has 2 aromatic rings. The fraction of sp³-hybridized carbons (Fsp3) is 0.316. The second-order valence-electron chi connectivity index (χ2n) is 7.07. The lowest BCUT2D eigenvalue weighted by atomic mass is 9.46. The standard InChI is InChI=1S/C19H18N2O/c1-18-11-7-3-5-9-13(11)19(2,14-10-6-4-8-12(14)18)16-15(18)20-17(22)21-16/h3-10,15-16H,1-2H3,(H2,20,21,22)/t15-,16+,18?,19?. The lowest BCUT2D eigenvalue weighted by molar-refractivity contribution is 0.230. The summed E-state index contributed by atoms with van der Waals surface area (Å²) >= 11 is 0. The smallest absolute Gasteiger partial charge is 0.315 e. The number of hydrogen-bond donors (Lipinski definition) is 2. The Balaban J connectivity index is 1.95. The summed E-state index contributed by atoms with van der Waals surface area (Å²) in [7, 11) is 0. The zero-order chi connectivity index (χ0) is 15.1. The first kappa shape index (κ1) is 12.3. The second kappa shape index (κ2) is 3.54. The molecule has 1 heterocycles. The Bertz CT molecular complexity index is 712. The molecule has 0 spiro atoms. The van der Waals surface area contributed by atoms with Crippen LogP contribution in [0.1, 0.15) is 36.1 Å². The van der Waals surface area contributed by atoms with Crippen molar-refractivity contribution in [3.63, 3.8) is 0 Å². The number of urea groups is 1. The molecule has 2 amide bonds. The molecule has 2 atom stereocenters. The predicted molar refractivity (Wildman–Crippen MR) is 85.0 cm³/mol. The molecule has 2 N–H and O–H groups in total. The van der Waals surface area contributed by atoms with E-state index in [1.165, 1.54) is 22.3 Å². The highest BCUT2D eigenvalue weighted by Gasteiger charge is 2.64. The van der Waals surface area contributed by atoms with Gasteiger partial charge in [0.05, 0.1) is 12.1 Å². The van der Waals surface area contributed by atoms with Crippen LogP contribution >= 0.6 is 0 Å². The van der Waals surface area contributed by atoms with Gasteiger partial charge >= 0.3 is 6.03 Å². The molecule has 1 saturated heterocycles. The van der Waals surface area contributed by atoms with E-state index in [2.05, 4.69) is 73.0 Å². The Morgan fingerprint density at radius 3 is 1.36 bits per heavy atom. The topological polar surface area (TPSA) is 41.1 Å². The maximum atomic E-state index is 12.1. The van der Waals surface area contributed by atoms with Crippen molar-refractivity contribution in [3.05, 3.63) is 70.8 Å². The van der Waals surface area contributed by atoms with Gasteiger partial charge in [-0.3, -0.25) is 0 Å². The van der Waals surface area contributed by atoms with Crippen molar-refractivity contribution in [1.82, 2.24) is 10.6 Å². The van der Waals surface area contributed by atoms with Crippen LogP contribution in [0, 0.1) is 0 Å². The largest absolute Gasteiger partial charge is 0.332 e. The molecule has 2 bridgehead atoms. The van der Waals surface area contributed by atoms with Crippen LogP contribution in [0.4, 0.5) is 4.79 Å². The fourth-order valence-corrected chi connectivity index (χ4v) is 5.18. The summed E-state index contributed by atoms with van der Waals surface area (Å²) in [4.78, 5) is 12.1. The molecule has 3 aliphatic carbocycles. The van der Waals surface area contributed by atoms with E-state index < -0.39 is 0 Å². The minimum Gasteiger partial charge on any atom is -0.332 e. The highest BCUT2D eigenvalue weighted by atomic mass is 16.2. The number of carbonyl (C=O) groups excluding carboxylic acids is 1. The first-order chi connectivity index (χ1) is 10.6. The second-order valence-corrected chi connectivity index (χ2v) is 7.07. The predicted octanol–water partition coefficient (Wildman–Crippen LogP) is 2.68. The highest BCUT2D eigenvalue weighted by Crippen LogP contribution is 2.59. The first-order valence-electron chi connectivity index (χ1n) is 7.85. The van der Waals surface area contributed by atoms with Crippen molar-refractivity contribution in [2.75, 3.05) is 0 Å². The minimum absolute atomic E-state index is 0.0481. The van der Waals surface area contributed by atoms with Gasteiger partial charge in [0.25, 0.3) is 0 Å². The van der Waals surface area contributed by atoms with Gasteiger partial charge in [-0.15, -0.1) is 0 Å². The fourth-order valence-electron chi connectivity index (χ4n) is 5.18. The van der Waals surface area contributed by atoms with E-state index >= 15 is 0 Å². The van der Waals surface area contributed by atoms with Crippen molar-refractivity contribution in [1.29, 1.82) is 0 Å². The quantitative estimate of drug-likeness (QED) is 0.769. The zero-order valence-corrected chi connectivity index (χ0v) is 12.7. The number of nitrogens with one attached hydrogen (secondary N) is 2. The van der Waals surface area contributed by atoms with Gasteiger partial charge in [-0.05, 0) is 36.1 Å². The van der Waals surface area contributed by atoms with Crippen LogP contribution in [0.3, 0.4) is 0 Å². The lowest BCUT2D eigenvalue weighted by Crippen LogP contribution is -2.67. The molecular formula is C19H18N2O. The highest BCUT2D eigenvalue weighted by molar-refractivity contribution is 5.81. The molecule has 0 radical (unpaired) electrons. The number of amides is 2. The van der Waals surface area contributed by atoms with E-state index in [0.717, 1.165) is 0 Å². The number of hydrogen-bond acceptors (Lipinski definition) is 1. The van der Waals surface area contributed by atoms with Gasteiger partial charge in [-0.25, -0.2) is 4.79 Å². The Labute approximate surface area is 129 Å². The normalized spacial score (nSPS) is 36.9. The molecule has 110 valence electrons.